The summed E-state index contributed by atoms with van der Waals surface area (Å²) in [4.78, 5) is 36.6. The number of carbonyl (C=O) groups is 2. The van der Waals surface area contributed by atoms with Gasteiger partial charge in [-0.2, -0.15) is 0 Å². The summed E-state index contributed by atoms with van der Waals surface area (Å²) in [5.41, 5.74) is 1.47. The molecule has 0 saturated heterocycles. The third kappa shape index (κ3) is 4.25. The lowest BCUT2D eigenvalue weighted by molar-refractivity contribution is -0.385. The highest BCUT2D eigenvalue weighted by Crippen LogP contribution is 2.43. The number of rotatable bonds is 5. The van der Waals surface area contributed by atoms with Crippen molar-refractivity contribution in [2.75, 3.05) is 11.9 Å². The highest BCUT2D eigenvalue weighted by molar-refractivity contribution is 7.18. The zero-order valence-corrected chi connectivity index (χ0v) is 16.3. The van der Waals surface area contributed by atoms with Crippen LogP contribution >= 0.6 is 11.3 Å². The molecule has 148 valence electrons. The van der Waals surface area contributed by atoms with Gasteiger partial charge in [0.25, 0.3) is 11.6 Å². The summed E-state index contributed by atoms with van der Waals surface area (Å²) in [5.74, 6) is -0.527. The molecule has 29 heavy (non-hydrogen) atoms. The first kappa shape index (κ1) is 20.0. The van der Waals surface area contributed by atoms with E-state index in [1.165, 1.54) is 30.1 Å². The van der Waals surface area contributed by atoms with Crippen LogP contribution in [0.15, 0.2) is 54.6 Å². The third-order valence-electron chi connectivity index (χ3n) is 4.24. The highest BCUT2D eigenvalue weighted by atomic mass is 32.1. The maximum atomic E-state index is 12.9. The second kappa shape index (κ2) is 8.11. The Morgan fingerprint density at radius 3 is 2.45 bits per heavy atom. The average molecular weight is 412 g/mol. The molecule has 3 rings (SSSR count). The first-order valence-corrected chi connectivity index (χ1v) is 9.22. The molecule has 0 bridgehead atoms. The maximum absolute atomic E-state index is 12.9. The van der Waals surface area contributed by atoms with Crippen molar-refractivity contribution in [3.05, 3.63) is 75.8 Å². The number of nitro groups is 1. The molecular formula is C20H16N2O6S. The zero-order valence-electron chi connectivity index (χ0n) is 15.5. The summed E-state index contributed by atoms with van der Waals surface area (Å²) in [6.45, 7) is 1.58. The molecule has 0 fully saturated rings. The topological polar surface area (TPSA) is 110 Å². The Kier molecular flexibility index (Phi) is 5.60. The number of carboxylic acid groups (broad SMARTS) is 1. The van der Waals surface area contributed by atoms with Crippen LogP contribution in [0.2, 0.25) is 0 Å². The van der Waals surface area contributed by atoms with E-state index < -0.39 is 17.0 Å². The second-order valence-electron chi connectivity index (χ2n) is 6.14. The molecule has 0 aliphatic carbocycles. The monoisotopic (exact) mass is 412 g/mol. The predicted molar refractivity (Wildman–Crippen MR) is 109 cm³/mol. The number of amides is 1. The summed E-state index contributed by atoms with van der Waals surface area (Å²) >= 11 is 1.09. The lowest BCUT2D eigenvalue weighted by Crippen LogP contribution is -2.26. The number of ether oxygens (including phenoxy) is 1. The molecule has 0 aliphatic rings. The number of nitro benzene ring substituents is 1. The molecule has 0 unspecified atom stereocenters. The van der Waals surface area contributed by atoms with Gasteiger partial charge in [0.2, 0.25) is 5.06 Å². The van der Waals surface area contributed by atoms with Gasteiger partial charge >= 0.3 is 6.16 Å². The summed E-state index contributed by atoms with van der Waals surface area (Å²) in [7, 11) is 1.46. The quantitative estimate of drug-likeness (QED) is 0.360. The standard InChI is InChI=1S/C20H16N2O6S/c1-12-8-9-14(10-15(12)22(26)27)18(23)21(2)16-11-17(13-6-4-3-5-7-13)29-19(16)28-20(24)25/h3-11H,1-2H3,(H,24,25). The minimum absolute atomic E-state index is 0.0359. The van der Waals surface area contributed by atoms with Crippen molar-refractivity contribution in [1.29, 1.82) is 0 Å². The van der Waals surface area contributed by atoms with Gasteiger partial charge in [0, 0.05) is 29.1 Å². The Hall–Kier alpha value is -3.72. The van der Waals surface area contributed by atoms with E-state index in [9.17, 15) is 19.7 Å². The summed E-state index contributed by atoms with van der Waals surface area (Å²) in [6, 6.07) is 15.1. The molecule has 0 radical (unpaired) electrons. The van der Waals surface area contributed by atoms with Crippen LogP contribution in [0.25, 0.3) is 10.4 Å². The maximum Gasteiger partial charge on any atom is 0.512 e. The number of hydrogen-bond donors (Lipinski definition) is 1. The van der Waals surface area contributed by atoms with Crippen LogP contribution in [-0.4, -0.2) is 29.1 Å². The van der Waals surface area contributed by atoms with Crippen molar-refractivity contribution >= 4 is 34.8 Å². The Morgan fingerprint density at radius 2 is 1.83 bits per heavy atom. The average Bonchev–Trinajstić information content (AvgIpc) is 3.10. The van der Waals surface area contributed by atoms with Crippen LogP contribution in [0.3, 0.4) is 0 Å². The molecule has 0 saturated carbocycles. The predicted octanol–water partition coefficient (Wildman–Crippen LogP) is 4.97. The molecule has 0 spiro atoms. The van der Waals surface area contributed by atoms with Gasteiger partial charge in [-0.05, 0) is 24.6 Å². The van der Waals surface area contributed by atoms with Crippen molar-refractivity contribution < 1.29 is 24.4 Å². The second-order valence-corrected chi connectivity index (χ2v) is 7.15. The molecule has 8 nitrogen and oxygen atoms in total. The molecule has 0 aliphatic heterocycles. The molecule has 0 atom stereocenters. The SMILES string of the molecule is Cc1ccc(C(=O)N(C)c2cc(-c3ccccc3)sc2OC(=O)O)cc1[N+](=O)[O-]. The van der Waals surface area contributed by atoms with Crippen LogP contribution < -0.4 is 9.64 Å². The van der Waals surface area contributed by atoms with Gasteiger partial charge in [0.05, 0.1) is 10.6 Å². The van der Waals surface area contributed by atoms with E-state index in [0.29, 0.717) is 10.4 Å². The smallest absolute Gasteiger partial charge is 0.449 e. The van der Waals surface area contributed by atoms with Gasteiger partial charge in [0.15, 0.2) is 0 Å². The summed E-state index contributed by atoms with van der Waals surface area (Å²) in [6.07, 6.45) is -1.50. The molecule has 9 heteroatoms. The van der Waals surface area contributed by atoms with E-state index in [1.807, 2.05) is 30.3 Å². The van der Waals surface area contributed by atoms with Gasteiger partial charge in [-0.25, -0.2) is 4.79 Å². The van der Waals surface area contributed by atoms with E-state index >= 15 is 0 Å². The van der Waals surface area contributed by atoms with Crippen molar-refractivity contribution in [2.24, 2.45) is 0 Å². The fourth-order valence-electron chi connectivity index (χ4n) is 2.74. The van der Waals surface area contributed by atoms with E-state index in [0.717, 1.165) is 16.9 Å². The van der Waals surface area contributed by atoms with Gasteiger partial charge in [-0.3, -0.25) is 14.9 Å². The first-order valence-electron chi connectivity index (χ1n) is 8.41. The normalized spacial score (nSPS) is 10.4. The Morgan fingerprint density at radius 1 is 1.14 bits per heavy atom. The molecule has 1 amide bonds. The highest BCUT2D eigenvalue weighted by Gasteiger charge is 2.24. The minimum Gasteiger partial charge on any atom is -0.449 e. The summed E-state index contributed by atoms with van der Waals surface area (Å²) in [5, 5.41) is 20.2. The van der Waals surface area contributed by atoms with Crippen molar-refractivity contribution in [2.45, 2.75) is 6.92 Å². The fourth-order valence-corrected chi connectivity index (χ4v) is 3.78. The third-order valence-corrected chi connectivity index (χ3v) is 5.29. The molecular weight excluding hydrogens is 396 g/mol. The van der Waals surface area contributed by atoms with Crippen LogP contribution in [0, 0.1) is 17.0 Å². The fraction of sp³-hybridized carbons (Fsp3) is 0.100. The van der Waals surface area contributed by atoms with E-state index in [1.54, 1.807) is 13.0 Å². The van der Waals surface area contributed by atoms with Gasteiger partial charge in [-0.15, -0.1) is 0 Å². The number of thiophene rings is 1. The van der Waals surface area contributed by atoms with Crippen LogP contribution in [-0.2, 0) is 0 Å². The van der Waals surface area contributed by atoms with E-state index in [2.05, 4.69) is 0 Å². The minimum atomic E-state index is -1.50. The van der Waals surface area contributed by atoms with Crippen LogP contribution in [0.4, 0.5) is 16.2 Å². The first-order chi connectivity index (χ1) is 13.8. The van der Waals surface area contributed by atoms with Crippen molar-refractivity contribution in [3.8, 4) is 15.5 Å². The number of nitrogens with zero attached hydrogens (tertiary/aromatic N) is 2. The number of anilines is 1. The molecule has 1 heterocycles. The largest absolute Gasteiger partial charge is 0.512 e. The van der Waals surface area contributed by atoms with Crippen molar-refractivity contribution in [3.63, 3.8) is 0 Å². The Balaban J connectivity index is 2.01. The molecule has 2 aromatic carbocycles. The number of hydrogen-bond acceptors (Lipinski definition) is 6. The molecule has 1 N–H and O–H groups in total. The zero-order chi connectivity index (χ0) is 21.1. The van der Waals surface area contributed by atoms with Crippen LogP contribution in [0.1, 0.15) is 15.9 Å². The van der Waals surface area contributed by atoms with E-state index in [4.69, 9.17) is 9.84 Å². The molecule has 3 aromatic rings. The Labute approximate surface area is 169 Å². The Bertz CT molecular complexity index is 1090. The number of aryl methyl sites for hydroxylation is 1. The molecule has 1 aromatic heterocycles. The summed E-state index contributed by atoms with van der Waals surface area (Å²) < 4.78 is 4.87. The number of benzene rings is 2. The van der Waals surface area contributed by atoms with Gasteiger partial charge in [-0.1, -0.05) is 47.7 Å². The van der Waals surface area contributed by atoms with Crippen LogP contribution in [0.5, 0.6) is 5.06 Å². The lowest BCUT2D eigenvalue weighted by Gasteiger charge is -2.17. The number of carbonyl (C=O) groups excluding carboxylic acids is 1. The van der Waals surface area contributed by atoms with E-state index in [-0.39, 0.29) is 22.0 Å². The van der Waals surface area contributed by atoms with Gasteiger partial charge in [0.1, 0.15) is 0 Å². The van der Waals surface area contributed by atoms with Gasteiger partial charge < -0.3 is 14.7 Å². The van der Waals surface area contributed by atoms with Crippen molar-refractivity contribution in [1.82, 2.24) is 0 Å². The lowest BCUT2D eigenvalue weighted by atomic mass is 10.1.